The van der Waals surface area contributed by atoms with E-state index in [0.717, 1.165) is 60.5 Å². The molecule has 0 amide bonds. The van der Waals surface area contributed by atoms with Gasteiger partial charge >= 0.3 is 0 Å². The van der Waals surface area contributed by atoms with Crippen LogP contribution in [0.25, 0.3) is 16.6 Å². The molecule has 4 heterocycles. The van der Waals surface area contributed by atoms with Crippen molar-refractivity contribution in [1.29, 1.82) is 0 Å². The van der Waals surface area contributed by atoms with Crippen LogP contribution in [0.2, 0.25) is 0 Å². The van der Waals surface area contributed by atoms with Crippen molar-refractivity contribution in [3.63, 3.8) is 0 Å². The summed E-state index contributed by atoms with van der Waals surface area (Å²) in [6, 6.07) is 10.2. The zero-order chi connectivity index (χ0) is 21.8. The van der Waals surface area contributed by atoms with E-state index < -0.39 is 11.0 Å². The van der Waals surface area contributed by atoms with Crippen molar-refractivity contribution >= 4 is 34.1 Å². The normalized spacial score (nSPS) is 17.3. The minimum absolute atomic E-state index is 0.250. The third kappa shape index (κ3) is 4.32. The molecule has 5 rings (SSSR count). The van der Waals surface area contributed by atoms with Crippen LogP contribution in [0.15, 0.2) is 53.7 Å². The summed E-state index contributed by atoms with van der Waals surface area (Å²) in [7, 11) is 0.822. The Balaban J connectivity index is 0.000000730. The van der Waals surface area contributed by atoms with Crippen LogP contribution in [-0.2, 0) is 28.7 Å². The Labute approximate surface area is 184 Å². The standard InChI is InChI=1S/C22H24N4OS.CH2O2/c1-25-13-9-16-4-2-6-21(18(16)14-25)28(27)26-15-19(17-7-11-23-12-8-17)22-20(26)5-3-10-24-22;2-1-3/h2-7,10,15,23H,8-9,11-14H2,1H3;1H,(H,2,3). The van der Waals surface area contributed by atoms with E-state index in [0.29, 0.717) is 0 Å². The van der Waals surface area contributed by atoms with E-state index in [-0.39, 0.29) is 6.47 Å². The summed E-state index contributed by atoms with van der Waals surface area (Å²) in [4.78, 5) is 16.2. The molecule has 2 N–H and O–H groups in total. The van der Waals surface area contributed by atoms with Gasteiger partial charge in [0.2, 0.25) is 0 Å². The minimum Gasteiger partial charge on any atom is -0.483 e. The number of likely N-dealkylation sites (N-methyl/N-ethyl adjacent to an activating group) is 1. The van der Waals surface area contributed by atoms with Crippen LogP contribution >= 0.6 is 0 Å². The number of fused-ring (bicyclic) bond motifs is 2. The number of nitrogens with one attached hydrogen (secondary N) is 1. The number of benzene rings is 1. The van der Waals surface area contributed by atoms with Crippen LogP contribution in [-0.4, -0.2) is 56.3 Å². The van der Waals surface area contributed by atoms with E-state index in [9.17, 15) is 4.21 Å². The fourth-order valence-electron chi connectivity index (χ4n) is 4.22. The molecule has 0 aliphatic carbocycles. The van der Waals surface area contributed by atoms with E-state index in [1.54, 1.807) is 0 Å². The zero-order valence-electron chi connectivity index (χ0n) is 17.5. The number of hydrogen-bond acceptors (Lipinski definition) is 5. The van der Waals surface area contributed by atoms with Crippen molar-refractivity contribution in [3.05, 3.63) is 65.5 Å². The van der Waals surface area contributed by atoms with Gasteiger partial charge in [0, 0.05) is 37.6 Å². The second kappa shape index (κ2) is 9.55. The van der Waals surface area contributed by atoms with Gasteiger partial charge in [0.1, 0.15) is 0 Å². The monoisotopic (exact) mass is 438 g/mol. The molecule has 3 aromatic rings. The third-order valence-corrected chi connectivity index (χ3v) is 7.14. The van der Waals surface area contributed by atoms with E-state index in [1.165, 1.54) is 16.7 Å². The molecule has 0 radical (unpaired) electrons. The molecule has 1 atom stereocenters. The van der Waals surface area contributed by atoms with Crippen LogP contribution in [0, 0.1) is 0 Å². The number of rotatable bonds is 3. The molecular formula is C23H26N4O3S. The lowest BCUT2D eigenvalue weighted by molar-refractivity contribution is -0.122. The van der Waals surface area contributed by atoms with Crippen molar-refractivity contribution in [2.24, 2.45) is 0 Å². The molecule has 0 saturated heterocycles. The van der Waals surface area contributed by atoms with Crippen LogP contribution in [0.1, 0.15) is 23.1 Å². The number of carbonyl (C=O) groups is 1. The number of nitrogens with zero attached hydrogens (tertiary/aromatic N) is 3. The van der Waals surface area contributed by atoms with Gasteiger partial charge in [-0.25, -0.2) is 4.21 Å². The molecular weight excluding hydrogens is 412 g/mol. The van der Waals surface area contributed by atoms with Crippen LogP contribution < -0.4 is 5.32 Å². The molecule has 2 aliphatic rings. The van der Waals surface area contributed by atoms with Crippen LogP contribution in [0.3, 0.4) is 0 Å². The maximum atomic E-state index is 13.7. The first-order valence-electron chi connectivity index (χ1n) is 10.3. The van der Waals surface area contributed by atoms with E-state index in [2.05, 4.69) is 34.4 Å². The highest BCUT2D eigenvalue weighted by molar-refractivity contribution is 7.83. The second-order valence-electron chi connectivity index (χ2n) is 7.66. The molecule has 1 aromatic carbocycles. The van der Waals surface area contributed by atoms with E-state index in [4.69, 9.17) is 9.90 Å². The smallest absolute Gasteiger partial charge is 0.290 e. The topological polar surface area (TPSA) is 87.5 Å². The fraction of sp³-hybridized carbons (Fsp3) is 0.304. The molecule has 8 heteroatoms. The lowest BCUT2D eigenvalue weighted by atomic mass is 10.0. The number of hydrogen-bond donors (Lipinski definition) is 2. The highest BCUT2D eigenvalue weighted by Crippen LogP contribution is 2.32. The maximum Gasteiger partial charge on any atom is 0.290 e. The van der Waals surface area contributed by atoms with Crippen molar-refractivity contribution < 1.29 is 14.1 Å². The third-order valence-electron chi connectivity index (χ3n) is 5.72. The number of pyridine rings is 1. The molecule has 1 unspecified atom stereocenters. The van der Waals surface area contributed by atoms with Crippen molar-refractivity contribution in [2.45, 2.75) is 24.3 Å². The van der Waals surface area contributed by atoms with Gasteiger partial charge in [0.05, 0.1) is 15.9 Å². The van der Waals surface area contributed by atoms with E-state index >= 15 is 0 Å². The van der Waals surface area contributed by atoms with Gasteiger partial charge in [-0.05, 0) is 61.3 Å². The summed E-state index contributed by atoms with van der Waals surface area (Å²) in [5.74, 6) is 0. The summed E-state index contributed by atoms with van der Waals surface area (Å²) < 4.78 is 15.6. The fourth-order valence-corrected chi connectivity index (χ4v) is 5.56. The van der Waals surface area contributed by atoms with Crippen molar-refractivity contribution in [1.82, 2.24) is 19.2 Å². The second-order valence-corrected chi connectivity index (χ2v) is 8.99. The first-order chi connectivity index (χ1) is 15.1. The van der Waals surface area contributed by atoms with Gasteiger partial charge in [0.25, 0.3) is 6.47 Å². The highest BCUT2D eigenvalue weighted by atomic mass is 32.2. The molecule has 0 bridgehead atoms. The summed E-state index contributed by atoms with van der Waals surface area (Å²) in [6.45, 7) is 3.48. The number of carboxylic acid groups (broad SMARTS) is 1. The van der Waals surface area contributed by atoms with Gasteiger partial charge in [-0.15, -0.1) is 0 Å². The Morgan fingerprint density at radius 3 is 2.84 bits per heavy atom. The largest absolute Gasteiger partial charge is 0.483 e. The van der Waals surface area contributed by atoms with Crippen LogP contribution in [0.5, 0.6) is 0 Å². The quantitative estimate of drug-likeness (QED) is 0.612. The molecule has 0 saturated carbocycles. The molecule has 0 spiro atoms. The van der Waals surface area contributed by atoms with Gasteiger partial charge < -0.3 is 15.3 Å². The van der Waals surface area contributed by atoms with Crippen molar-refractivity contribution in [3.8, 4) is 0 Å². The Bertz CT molecular complexity index is 1150. The summed E-state index contributed by atoms with van der Waals surface area (Å²) >= 11 is 0. The molecule has 7 nitrogen and oxygen atoms in total. The first-order valence-corrected chi connectivity index (χ1v) is 11.4. The minimum atomic E-state index is -1.30. The average Bonchev–Trinajstić information content (AvgIpc) is 3.19. The molecule has 2 aromatic heterocycles. The SMILES string of the molecule is CN1CCc2cccc(S(=O)n3cc(C4=CCNCC4)c4ncccc43)c2C1.O=CO. The lowest BCUT2D eigenvalue weighted by Crippen LogP contribution is -2.28. The summed E-state index contributed by atoms with van der Waals surface area (Å²) in [6.07, 6.45) is 8.06. The Kier molecular flexibility index (Phi) is 6.60. The Morgan fingerprint density at radius 1 is 1.23 bits per heavy atom. The van der Waals surface area contributed by atoms with Gasteiger partial charge in [-0.3, -0.25) is 13.8 Å². The Morgan fingerprint density at radius 2 is 2.06 bits per heavy atom. The summed E-state index contributed by atoms with van der Waals surface area (Å²) in [5, 5.41) is 10.2. The van der Waals surface area contributed by atoms with Crippen LogP contribution in [0.4, 0.5) is 0 Å². The Hall–Kier alpha value is -2.81. The lowest BCUT2D eigenvalue weighted by Gasteiger charge is -2.26. The van der Waals surface area contributed by atoms with Gasteiger partial charge in [0.15, 0.2) is 11.0 Å². The number of aromatic nitrogens is 2. The first kappa shape index (κ1) is 21.4. The molecule has 162 valence electrons. The maximum absolute atomic E-state index is 13.7. The van der Waals surface area contributed by atoms with Gasteiger partial charge in [-0.2, -0.15) is 0 Å². The average molecular weight is 439 g/mol. The predicted molar refractivity (Wildman–Crippen MR) is 122 cm³/mol. The zero-order valence-corrected chi connectivity index (χ0v) is 18.3. The molecule has 2 aliphatic heterocycles. The van der Waals surface area contributed by atoms with Crippen molar-refractivity contribution in [2.75, 3.05) is 26.7 Å². The molecule has 0 fully saturated rings. The van der Waals surface area contributed by atoms with Gasteiger partial charge in [-0.1, -0.05) is 18.2 Å². The highest BCUT2D eigenvalue weighted by Gasteiger charge is 2.23. The summed E-state index contributed by atoms with van der Waals surface area (Å²) in [5.41, 5.74) is 6.78. The molecule has 31 heavy (non-hydrogen) atoms. The van der Waals surface area contributed by atoms with E-state index in [1.807, 2.05) is 40.6 Å². The predicted octanol–water partition coefficient (Wildman–Crippen LogP) is 2.67.